The second kappa shape index (κ2) is 6.23. The van der Waals surface area contributed by atoms with Crippen molar-refractivity contribution in [2.24, 2.45) is 5.92 Å². The van der Waals surface area contributed by atoms with Crippen molar-refractivity contribution in [2.45, 2.75) is 31.6 Å². The van der Waals surface area contributed by atoms with Crippen LogP contribution in [0.5, 0.6) is 5.75 Å². The minimum absolute atomic E-state index is 0.0622. The number of halogens is 1. The monoisotopic (exact) mass is 331 g/mol. The lowest BCUT2D eigenvalue weighted by Crippen LogP contribution is -2.30. The molecule has 0 atom stereocenters. The third-order valence-electron chi connectivity index (χ3n) is 3.38. The van der Waals surface area contributed by atoms with Crippen molar-refractivity contribution in [1.29, 1.82) is 0 Å². The van der Waals surface area contributed by atoms with Crippen LogP contribution in [0.2, 0.25) is 0 Å². The van der Waals surface area contributed by atoms with Crippen LogP contribution in [0.3, 0.4) is 0 Å². The van der Waals surface area contributed by atoms with Gasteiger partial charge < -0.3 is 10.1 Å². The molecule has 1 fully saturated rings. The summed E-state index contributed by atoms with van der Waals surface area (Å²) in [6.07, 6.45) is 2.35. The molecule has 5 nitrogen and oxygen atoms in total. The van der Waals surface area contributed by atoms with Gasteiger partial charge in [-0.3, -0.25) is 4.79 Å². The molecule has 7 heteroatoms. The van der Waals surface area contributed by atoms with Crippen LogP contribution in [0, 0.1) is 19.8 Å². The second-order valence-electron chi connectivity index (χ2n) is 5.36. The molecule has 1 N–H and O–H groups in total. The molecule has 1 aliphatic rings. The molecule has 1 saturated carbocycles. The molecule has 0 heterocycles. The Balaban J connectivity index is 1.99. The Morgan fingerprint density at radius 1 is 1.33 bits per heavy atom. The van der Waals surface area contributed by atoms with E-state index < -0.39 is 9.05 Å². The summed E-state index contributed by atoms with van der Waals surface area (Å²) in [7, 11) is 1.58. The summed E-state index contributed by atoms with van der Waals surface area (Å²) < 4.78 is 28.2. The Kier molecular flexibility index (Phi) is 4.78. The fraction of sp³-hybridized carbons (Fsp3) is 0.500. The molecule has 0 bridgehead atoms. The zero-order chi connectivity index (χ0) is 15.6. The predicted octanol–water partition coefficient (Wildman–Crippen LogP) is 2.14. The number of benzene rings is 1. The Hall–Kier alpha value is -1.27. The minimum Gasteiger partial charge on any atom is -0.483 e. The third kappa shape index (κ3) is 4.61. The maximum atomic E-state index is 11.6. The summed E-state index contributed by atoms with van der Waals surface area (Å²) in [5.74, 6) is 0.928. The van der Waals surface area contributed by atoms with Crippen LogP contribution in [0.15, 0.2) is 17.0 Å². The van der Waals surface area contributed by atoms with Crippen LogP contribution in [-0.2, 0) is 13.8 Å². The number of rotatable bonds is 6. The van der Waals surface area contributed by atoms with Gasteiger partial charge in [-0.2, -0.15) is 0 Å². The van der Waals surface area contributed by atoms with Gasteiger partial charge in [-0.05, 0) is 55.9 Å². The molecule has 116 valence electrons. The number of carbonyl (C=O) groups excluding carboxylic acids is 1. The van der Waals surface area contributed by atoms with Crippen molar-refractivity contribution >= 4 is 25.6 Å². The third-order valence-corrected chi connectivity index (χ3v) is 4.84. The number of ether oxygens (including phenoxy) is 1. The maximum Gasteiger partial charge on any atom is 0.261 e. The Morgan fingerprint density at radius 2 is 2.00 bits per heavy atom. The number of aryl methyl sites for hydroxylation is 2. The quantitative estimate of drug-likeness (QED) is 0.811. The van der Waals surface area contributed by atoms with E-state index in [9.17, 15) is 13.2 Å². The van der Waals surface area contributed by atoms with Crippen molar-refractivity contribution in [1.82, 2.24) is 5.32 Å². The molecule has 0 aliphatic heterocycles. The molecule has 0 unspecified atom stereocenters. The van der Waals surface area contributed by atoms with Gasteiger partial charge in [0, 0.05) is 17.2 Å². The smallest absolute Gasteiger partial charge is 0.261 e. The molecule has 1 amide bonds. The van der Waals surface area contributed by atoms with E-state index in [0.29, 0.717) is 29.3 Å². The van der Waals surface area contributed by atoms with E-state index in [1.807, 2.05) is 0 Å². The molecule has 1 aromatic rings. The molecule has 21 heavy (non-hydrogen) atoms. The van der Waals surface area contributed by atoms with Gasteiger partial charge in [0.2, 0.25) is 0 Å². The summed E-state index contributed by atoms with van der Waals surface area (Å²) in [6, 6.07) is 3.04. The zero-order valence-corrected chi connectivity index (χ0v) is 13.6. The van der Waals surface area contributed by atoms with E-state index in [2.05, 4.69) is 5.32 Å². The minimum atomic E-state index is -3.78. The van der Waals surface area contributed by atoms with Crippen molar-refractivity contribution < 1.29 is 17.9 Å². The molecular formula is C14H18ClNO4S. The number of hydrogen-bond acceptors (Lipinski definition) is 4. The molecule has 0 spiro atoms. The molecule has 1 aliphatic carbocycles. The van der Waals surface area contributed by atoms with Crippen LogP contribution >= 0.6 is 10.7 Å². The van der Waals surface area contributed by atoms with Gasteiger partial charge in [-0.15, -0.1) is 0 Å². The largest absolute Gasteiger partial charge is 0.483 e. The van der Waals surface area contributed by atoms with Gasteiger partial charge in [-0.25, -0.2) is 8.42 Å². The molecule has 1 aromatic carbocycles. The number of carbonyl (C=O) groups is 1. The average Bonchev–Trinajstić information content (AvgIpc) is 3.19. The normalized spacial score (nSPS) is 14.8. The van der Waals surface area contributed by atoms with Gasteiger partial charge in [0.05, 0.1) is 4.90 Å². The summed E-state index contributed by atoms with van der Waals surface area (Å²) >= 11 is 0. The highest BCUT2D eigenvalue weighted by atomic mass is 35.7. The Bertz CT molecular complexity index is 653. The van der Waals surface area contributed by atoms with Crippen LogP contribution in [0.1, 0.15) is 24.0 Å². The van der Waals surface area contributed by atoms with Crippen LogP contribution in [-0.4, -0.2) is 27.5 Å². The molecule has 2 rings (SSSR count). The summed E-state index contributed by atoms with van der Waals surface area (Å²) in [6.45, 7) is 3.96. The lowest BCUT2D eigenvalue weighted by Gasteiger charge is -2.12. The predicted molar refractivity (Wildman–Crippen MR) is 80.2 cm³/mol. The van der Waals surface area contributed by atoms with Gasteiger partial charge in [0.25, 0.3) is 15.0 Å². The van der Waals surface area contributed by atoms with Crippen molar-refractivity contribution in [3.05, 3.63) is 23.3 Å². The molecule has 0 aromatic heterocycles. The first-order valence-corrected chi connectivity index (χ1v) is 9.03. The van der Waals surface area contributed by atoms with E-state index in [-0.39, 0.29) is 17.4 Å². The topological polar surface area (TPSA) is 72.5 Å². The highest BCUT2D eigenvalue weighted by molar-refractivity contribution is 8.13. The lowest BCUT2D eigenvalue weighted by atomic mass is 10.1. The Labute approximate surface area is 129 Å². The number of nitrogens with one attached hydrogen (secondary N) is 1. The van der Waals surface area contributed by atoms with Gasteiger partial charge in [-0.1, -0.05) is 0 Å². The molecule has 0 saturated heterocycles. The van der Waals surface area contributed by atoms with Gasteiger partial charge in [0.1, 0.15) is 5.75 Å². The number of hydrogen-bond donors (Lipinski definition) is 1. The summed E-state index contributed by atoms with van der Waals surface area (Å²) in [4.78, 5) is 11.7. The van der Waals surface area contributed by atoms with Crippen LogP contribution in [0.4, 0.5) is 0 Å². The zero-order valence-electron chi connectivity index (χ0n) is 12.0. The van der Waals surface area contributed by atoms with E-state index in [1.165, 1.54) is 18.9 Å². The first-order valence-electron chi connectivity index (χ1n) is 6.73. The second-order valence-corrected chi connectivity index (χ2v) is 7.89. The standard InChI is InChI=1S/C14H18ClNO4S/c1-9-6-13(21(15,18)19)10(2)5-12(9)20-8-14(17)16-7-11-3-4-11/h5-6,11H,3-4,7-8H2,1-2H3,(H,16,17). The lowest BCUT2D eigenvalue weighted by molar-refractivity contribution is -0.123. The van der Waals surface area contributed by atoms with Crippen LogP contribution in [0.25, 0.3) is 0 Å². The van der Waals surface area contributed by atoms with E-state index in [4.69, 9.17) is 15.4 Å². The SMILES string of the molecule is Cc1cc(S(=O)(=O)Cl)c(C)cc1OCC(=O)NCC1CC1. The van der Waals surface area contributed by atoms with Crippen molar-refractivity contribution in [3.8, 4) is 5.75 Å². The van der Waals surface area contributed by atoms with Crippen molar-refractivity contribution in [3.63, 3.8) is 0 Å². The van der Waals surface area contributed by atoms with E-state index >= 15 is 0 Å². The highest BCUT2D eigenvalue weighted by Gasteiger charge is 2.21. The van der Waals surface area contributed by atoms with Crippen LogP contribution < -0.4 is 10.1 Å². The molecule has 0 radical (unpaired) electrons. The summed E-state index contributed by atoms with van der Waals surface area (Å²) in [5, 5.41) is 2.80. The Morgan fingerprint density at radius 3 is 2.57 bits per heavy atom. The summed E-state index contributed by atoms with van der Waals surface area (Å²) in [5.41, 5.74) is 1.11. The highest BCUT2D eigenvalue weighted by Crippen LogP contribution is 2.28. The molecular weight excluding hydrogens is 314 g/mol. The first-order chi connectivity index (χ1) is 9.77. The first kappa shape index (κ1) is 16.1. The fourth-order valence-corrected chi connectivity index (χ4v) is 3.22. The van der Waals surface area contributed by atoms with Crippen molar-refractivity contribution in [2.75, 3.05) is 13.2 Å². The maximum absolute atomic E-state index is 11.6. The van der Waals surface area contributed by atoms with Gasteiger partial charge in [0.15, 0.2) is 6.61 Å². The average molecular weight is 332 g/mol. The van der Waals surface area contributed by atoms with Gasteiger partial charge >= 0.3 is 0 Å². The number of amides is 1. The fourth-order valence-electron chi connectivity index (χ4n) is 1.96. The van der Waals surface area contributed by atoms with E-state index in [0.717, 1.165) is 0 Å². The van der Waals surface area contributed by atoms with E-state index in [1.54, 1.807) is 19.9 Å².